The molecule has 2 N–H and O–H groups in total. The van der Waals surface area contributed by atoms with Gasteiger partial charge < -0.3 is 15.2 Å². The molecule has 0 saturated heterocycles. The quantitative estimate of drug-likeness (QED) is 0.825. The van der Waals surface area contributed by atoms with Crippen molar-refractivity contribution in [1.82, 2.24) is 5.32 Å². The van der Waals surface area contributed by atoms with Crippen LogP contribution in [0.3, 0.4) is 0 Å². The second-order valence-electron chi connectivity index (χ2n) is 7.64. The van der Waals surface area contributed by atoms with Crippen LogP contribution in [0.4, 0.5) is 0 Å². The third kappa shape index (κ3) is 4.65. The van der Waals surface area contributed by atoms with E-state index in [9.17, 15) is 9.90 Å². The monoisotopic (exact) mass is 333 g/mol. The maximum absolute atomic E-state index is 12.3. The normalized spacial score (nSPS) is 21.3. The summed E-state index contributed by atoms with van der Waals surface area (Å²) in [5.74, 6) is 1.30. The van der Waals surface area contributed by atoms with E-state index in [-0.39, 0.29) is 11.7 Å². The number of phenolic OH excluding ortho intramolecular Hbond substituents is 1. The summed E-state index contributed by atoms with van der Waals surface area (Å²) in [6.07, 6.45) is 6.05. The van der Waals surface area contributed by atoms with E-state index in [1.54, 1.807) is 18.2 Å². The molecule has 0 heterocycles. The van der Waals surface area contributed by atoms with Gasteiger partial charge in [-0.2, -0.15) is 0 Å². The van der Waals surface area contributed by atoms with Gasteiger partial charge in [0.05, 0.1) is 13.5 Å². The highest BCUT2D eigenvalue weighted by Gasteiger charge is 2.32. The Morgan fingerprint density at radius 3 is 2.54 bits per heavy atom. The molecule has 0 aromatic heterocycles. The van der Waals surface area contributed by atoms with Crippen molar-refractivity contribution < 1.29 is 14.6 Å². The topological polar surface area (TPSA) is 58.6 Å². The van der Waals surface area contributed by atoms with Gasteiger partial charge >= 0.3 is 0 Å². The van der Waals surface area contributed by atoms with Crippen LogP contribution in [-0.4, -0.2) is 24.2 Å². The van der Waals surface area contributed by atoms with Gasteiger partial charge in [0.1, 0.15) is 0 Å². The van der Waals surface area contributed by atoms with Gasteiger partial charge in [-0.15, -0.1) is 0 Å². The van der Waals surface area contributed by atoms with Gasteiger partial charge in [-0.3, -0.25) is 4.79 Å². The van der Waals surface area contributed by atoms with E-state index >= 15 is 0 Å². The minimum atomic E-state index is 0.0425. The molecule has 1 aromatic rings. The second kappa shape index (κ2) is 7.91. The minimum Gasteiger partial charge on any atom is -0.504 e. The number of ether oxygens (including phenoxy) is 1. The van der Waals surface area contributed by atoms with E-state index in [0.717, 1.165) is 24.3 Å². The molecule has 134 valence electrons. The number of carbonyl (C=O) groups is 1. The number of nitrogens with one attached hydrogen (secondary N) is 1. The molecule has 0 unspecified atom stereocenters. The number of benzene rings is 1. The summed E-state index contributed by atoms with van der Waals surface area (Å²) in [6, 6.07) is 5.34. The fourth-order valence-electron chi connectivity index (χ4n) is 3.60. The van der Waals surface area contributed by atoms with Crippen molar-refractivity contribution in [3.63, 3.8) is 0 Å². The summed E-state index contributed by atoms with van der Waals surface area (Å²) < 4.78 is 5.09. The zero-order valence-corrected chi connectivity index (χ0v) is 15.4. The molecule has 1 aliphatic rings. The zero-order chi connectivity index (χ0) is 17.7. The Balaban J connectivity index is 1.84. The first-order valence-corrected chi connectivity index (χ1v) is 9.01. The summed E-state index contributed by atoms with van der Waals surface area (Å²) in [7, 11) is 1.51. The lowest BCUT2D eigenvalue weighted by Gasteiger charge is -2.39. The van der Waals surface area contributed by atoms with Gasteiger partial charge in [-0.1, -0.05) is 33.3 Å². The van der Waals surface area contributed by atoms with Gasteiger partial charge in [-0.05, 0) is 54.7 Å². The average Bonchev–Trinajstić information content (AvgIpc) is 2.57. The molecule has 2 rings (SSSR count). The largest absolute Gasteiger partial charge is 0.504 e. The first kappa shape index (κ1) is 18.6. The number of aromatic hydroxyl groups is 1. The second-order valence-corrected chi connectivity index (χ2v) is 7.64. The van der Waals surface area contributed by atoms with Crippen molar-refractivity contribution in [1.29, 1.82) is 0 Å². The summed E-state index contributed by atoms with van der Waals surface area (Å²) in [6.45, 7) is 6.98. The maximum atomic E-state index is 12.3. The minimum absolute atomic E-state index is 0.0425. The molecule has 24 heavy (non-hydrogen) atoms. The van der Waals surface area contributed by atoms with Crippen LogP contribution in [0.25, 0.3) is 0 Å². The van der Waals surface area contributed by atoms with E-state index in [4.69, 9.17) is 4.74 Å². The average molecular weight is 333 g/mol. The number of hydrogen-bond acceptors (Lipinski definition) is 3. The predicted molar refractivity (Wildman–Crippen MR) is 96.3 cm³/mol. The Labute approximate surface area is 145 Å². The number of methoxy groups -OCH3 is 1. The summed E-state index contributed by atoms with van der Waals surface area (Å²) in [5.41, 5.74) is 1.25. The number of phenols is 1. The van der Waals surface area contributed by atoms with Gasteiger partial charge in [0.2, 0.25) is 5.91 Å². The van der Waals surface area contributed by atoms with Crippen LogP contribution in [0.5, 0.6) is 11.5 Å². The van der Waals surface area contributed by atoms with Crippen molar-refractivity contribution in [3.8, 4) is 11.5 Å². The first-order chi connectivity index (χ1) is 11.4. The van der Waals surface area contributed by atoms with Crippen molar-refractivity contribution >= 4 is 5.91 Å². The highest BCUT2D eigenvalue weighted by atomic mass is 16.5. The van der Waals surface area contributed by atoms with E-state index in [2.05, 4.69) is 26.1 Å². The maximum Gasteiger partial charge on any atom is 0.224 e. The van der Waals surface area contributed by atoms with E-state index in [0.29, 0.717) is 23.6 Å². The van der Waals surface area contributed by atoms with Crippen LogP contribution in [0.2, 0.25) is 0 Å². The van der Waals surface area contributed by atoms with E-state index < -0.39 is 0 Å². The molecule has 0 aliphatic heterocycles. The Hall–Kier alpha value is -1.71. The fourth-order valence-corrected chi connectivity index (χ4v) is 3.60. The molecule has 0 spiro atoms. The van der Waals surface area contributed by atoms with Gasteiger partial charge in [0.25, 0.3) is 0 Å². The van der Waals surface area contributed by atoms with E-state index in [1.165, 1.54) is 26.4 Å². The smallest absolute Gasteiger partial charge is 0.224 e. The molecule has 1 aromatic carbocycles. The lowest BCUT2D eigenvalue weighted by Crippen LogP contribution is -2.40. The molecule has 0 atom stereocenters. The molecular weight excluding hydrogens is 302 g/mol. The summed E-state index contributed by atoms with van der Waals surface area (Å²) in [4.78, 5) is 12.3. The first-order valence-electron chi connectivity index (χ1n) is 9.01. The SMILES string of the molecule is CCC(C)(C)C1CCC(NC(=O)Cc2ccc(O)c(OC)c2)CC1. The Morgan fingerprint density at radius 2 is 1.96 bits per heavy atom. The molecule has 1 amide bonds. The molecule has 1 fully saturated rings. The summed E-state index contributed by atoms with van der Waals surface area (Å²) >= 11 is 0. The van der Waals surface area contributed by atoms with Crippen molar-refractivity contribution in [2.24, 2.45) is 11.3 Å². The number of amides is 1. The van der Waals surface area contributed by atoms with E-state index in [1.807, 2.05) is 0 Å². The van der Waals surface area contributed by atoms with Crippen molar-refractivity contribution in [2.75, 3.05) is 7.11 Å². The Bertz CT molecular complexity index is 560. The van der Waals surface area contributed by atoms with Crippen LogP contribution in [0.1, 0.15) is 58.4 Å². The molecule has 0 bridgehead atoms. The molecule has 1 saturated carbocycles. The number of carbonyl (C=O) groups excluding carboxylic acids is 1. The van der Waals surface area contributed by atoms with Crippen LogP contribution >= 0.6 is 0 Å². The standard InChI is InChI=1S/C20H31NO3/c1-5-20(2,3)15-7-9-16(10-8-15)21-19(23)13-14-6-11-17(22)18(12-14)24-4/h6,11-12,15-16,22H,5,7-10,13H2,1-4H3,(H,21,23). The predicted octanol–water partition coefficient (Wildman–Crippen LogP) is 4.05. The highest BCUT2D eigenvalue weighted by Crippen LogP contribution is 2.40. The fraction of sp³-hybridized carbons (Fsp3) is 0.650. The van der Waals surface area contributed by atoms with Crippen LogP contribution in [-0.2, 0) is 11.2 Å². The van der Waals surface area contributed by atoms with Gasteiger partial charge in [-0.25, -0.2) is 0 Å². The third-order valence-electron chi connectivity index (χ3n) is 5.72. The molecule has 1 aliphatic carbocycles. The van der Waals surface area contributed by atoms with Crippen LogP contribution in [0, 0.1) is 11.3 Å². The summed E-state index contributed by atoms with van der Waals surface area (Å²) in [5, 5.41) is 12.8. The Morgan fingerprint density at radius 1 is 1.29 bits per heavy atom. The van der Waals surface area contributed by atoms with Gasteiger partial charge in [0.15, 0.2) is 11.5 Å². The van der Waals surface area contributed by atoms with Gasteiger partial charge in [0, 0.05) is 6.04 Å². The number of rotatable bonds is 6. The molecular formula is C20H31NO3. The zero-order valence-electron chi connectivity index (χ0n) is 15.4. The number of hydrogen-bond donors (Lipinski definition) is 2. The lowest BCUT2D eigenvalue weighted by molar-refractivity contribution is -0.121. The Kier molecular flexibility index (Phi) is 6.14. The molecule has 0 radical (unpaired) electrons. The highest BCUT2D eigenvalue weighted by molar-refractivity contribution is 5.79. The molecule has 4 nitrogen and oxygen atoms in total. The third-order valence-corrected chi connectivity index (χ3v) is 5.72. The molecule has 4 heteroatoms. The van der Waals surface area contributed by atoms with Crippen LogP contribution in [0.15, 0.2) is 18.2 Å². The van der Waals surface area contributed by atoms with Crippen LogP contribution < -0.4 is 10.1 Å². The van der Waals surface area contributed by atoms with Crippen molar-refractivity contribution in [3.05, 3.63) is 23.8 Å². The lowest BCUT2D eigenvalue weighted by atomic mass is 9.69. The van der Waals surface area contributed by atoms with Crippen molar-refractivity contribution in [2.45, 2.75) is 65.3 Å².